The van der Waals surface area contributed by atoms with Crippen LogP contribution in [0.15, 0.2) is 12.6 Å². The molecule has 1 aromatic rings. The molecule has 1 fully saturated rings. The quantitative estimate of drug-likeness (QED) is 0.894. The fraction of sp³-hybridized carbons (Fsp3) is 0.467. The number of benzene rings is 1. The predicted molar refractivity (Wildman–Crippen MR) is 79.0 cm³/mol. The first-order valence-corrected chi connectivity index (χ1v) is 7.13. The third-order valence-electron chi connectivity index (χ3n) is 4.37. The zero-order chi connectivity index (χ0) is 16.1. The van der Waals surface area contributed by atoms with Crippen molar-refractivity contribution >= 4 is 17.5 Å². The lowest BCUT2D eigenvalue weighted by Gasteiger charge is -2.41. The Hall–Kier alpha value is -1.73. The first-order chi connectivity index (χ1) is 10.4. The maximum atomic E-state index is 14.3. The molecule has 0 atom stereocenters. The molecular formula is C15H18F3N3O. The topological polar surface area (TPSA) is 38.7 Å². The Balaban J connectivity index is 2.08. The van der Waals surface area contributed by atoms with Crippen molar-refractivity contribution in [2.45, 2.75) is 31.3 Å². The molecule has 0 unspecified atom stereocenters. The van der Waals surface area contributed by atoms with Gasteiger partial charge >= 0.3 is 0 Å². The summed E-state index contributed by atoms with van der Waals surface area (Å²) < 4.78 is 41.2. The van der Waals surface area contributed by atoms with Crippen molar-refractivity contribution in [2.24, 2.45) is 0 Å². The average Bonchev–Trinajstić information content (AvgIpc) is 2.72. The van der Waals surface area contributed by atoms with Crippen molar-refractivity contribution in [3.05, 3.63) is 29.6 Å². The fourth-order valence-corrected chi connectivity index (χ4v) is 2.99. The van der Waals surface area contributed by atoms with Gasteiger partial charge in [0.25, 0.3) is 6.43 Å². The zero-order valence-corrected chi connectivity index (χ0v) is 12.2. The second-order valence-electron chi connectivity index (χ2n) is 5.87. The van der Waals surface area contributed by atoms with E-state index in [9.17, 15) is 18.3 Å². The molecule has 0 amide bonds. The van der Waals surface area contributed by atoms with E-state index in [4.69, 9.17) is 0 Å². The number of hydrogen-bond donors (Lipinski definition) is 2. The molecule has 22 heavy (non-hydrogen) atoms. The smallest absolute Gasteiger partial charge is 0.268 e. The highest BCUT2D eigenvalue weighted by Gasteiger charge is 2.41. The summed E-state index contributed by atoms with van der Waals surface area (Å²) >= 11 is 0. The number of β-amino-alcohol motifs (C(OH)–C–C–N with tert-alkyl or cyclic N) is 1. The van der Waals surface area contributed by atoms with Crippen LogP contribution in [0.1, 0.15) is 36.8 Å². The molecule has 2 N–H and O–H groups in total. The molecule has 120 valence electrons. The lowest BCUT2D eigenvalue weighted by atomic mass is 9.80. The number of nitrogens with one attached hydrogen (secondary N) is 1. The van der Waals surface area contributed by atoms with Crippen LogP contribution in [0, 0.1) is 5.82 Å². The summed E-state index contributed by atoms with van der Waals surface area (Å²) in [5.74, 6) is -0.966. The summed E-state index contributed by atoms with van der Waals surface area (Å²) in [7, 11) is 1.64. The highest BCUT2D eigenvalue weighted by Crippen LogP contribution is 2.45. The van der Waals surface area contributed by atoms with Crippen LogP contribution in [0.2, 0.25) is 0 Å². The van der Waals surface area contributed by atoms with Gasteiger partial charge in [0.2, 0.25) is 0 Å². The fourth-order valence-electron chi connectivity index (χ4n) is 2.99. The third kappa shape index (κ3) is 2.24. The molecular weight excluding hydrogens is 295 g/mol. The number of rotatable bonds is 4. The Labute approximate surface area is 126 Å². The van der Waals surface area contributed by atoms with Crippen LogP contribution >= 0.6 is 0 Å². The van der Waals surface area contributed by atoms with Crippen LogP contribution in [0.3, 0.4) is 0 Å². The van der Waals surface area contributed by atoms with Crippen LogP contribution in [0.5, 0.6) is 0 Å². The average molecular weight is 313 g/mol. The van der Waals surface area contributed by atoms with Gasteiger partial charge in [-0.3, -0.25) is 10.4 Å². The molecule has 4 nitrogen and oxygen atoms in total. The van der Waals surface area contributed by atoms with Crippen LogP contribution in [-0.4, -0.2) is 29.4 Å². The Morgan fingerprint density at radius 1 is 1.50 bits per heavy atom. The zero-order valence-electron chi connectivity index (χ0n) is 12.2. The van der Waals surface area contributed by atoms with Gasteiger partial charge in [-0.2, -0.15) is 0 Å². The number of fused-ring (bicyclic) bond motifs is 1. The number of halogens is 3. The highest BCUT2D eigenvalue weighted by molar-refractivity contribution is 5.80. The van der Waals surface area contributed by atoms with Crippen molar-refractivity contribution in [1.82, 2.24) is 5.12 Å². The number of aliphatic hydroxyl groups is 1. The summed E-state index contributed by atoms with van der Waals surface area (Å²) in [5.41, 5.74) is 1.84. The third-order valence-corrected chi connectivity index (χ3v) is 4.37. The van der Waals surface area contributed by atoms with Gasteiger partial charge in [0.05, 0.1) is 29.1 Å². The molecule has 1 aliphatic carbocycles. The molecule has 0 aromatic heterocycles. The van der Waals surface area contributed by atoms with E-state index in [-0.39, 0.29) is 17.8 Å². The largest absolute Gasteiger partial charge is 0.388 e. The lowest BCUT2D eigenvalue weighted by molar-refractivity contribution is -0.0316. The molecule has 3 rings (SSSR count). The highest BCUT2D eigenvalue weighted by atomic mass is 19.3. The van der Waals surface area contributed by atoms with E-state index < -0.39 is 23.4 Å². The maximum Gasteiger partial charge on any atom is 0.268 e. The van der Waals surface area contributed by atoms with Gasteiger partial charge in [-0.05, 0) is 25.3 Å². The van der Waals surface area contributed by atoms with Crippen LogP contribution < -0.4 is 10.4 Å². The number of nitrogens with zero attached hydrogens (tertiary/aromatic N) is 2. The lowest BCUT2D eigenvalue weighted by Crippen LogP contribution is -2.52. The minimum atomic E-state index is -2.96. The Kier molecular flexibility index (Phi) is 3.57. The Morgan fingerprint density at radius 3 is 2.68 bits per heavy atom. The summed E-state index contributed by atoms with van der Waals surface area (Å²) in [5, 5.41) is 13.3. The summed E-state index contributed by atoms with van der Waals surface area (Å²) in [4.78, 5) is 0. The number of hydrazine groups is 2. The second-order valence-corrected chi connectivity index (χ2v) is 5.87. The van der Waals surface area contributed by atoms with E-state index >= 15 is 0 Å². The van der Waals surface area contributed by atoms with E-state index in [1.165, 1.54) is 22.3 Å². The monoisotopic (exact) mass is 313 g/mol. The van der Waals surface area contributed by atoms with E-state index in [1.54, 1.807) is 7.05 Å². The molecule has 1 aromatic carbocycles. The normalized spacial score (nSPS) is 19.8. The molecule has 0 radical (unpaired) electrons. The molecule has 2 aliphatic rings. The van der Waals surface area contributed by atoms with E-state index in [0.29, 0.717) is 18.5 Å². The second kappa shape index (κ2) is 5.17. The van der Waals surface area contributed by atoms with Crippen LogP contribution in [-0.2, 0) is 0 Å². The minimum Gasteiger partial charge on any atom is -0.388 e. The van der Waals surface area contributed by atoms with E-state index in [0.717, 1.165) is 6.42 Å². The van der Waals surface area contributed by atoms with E-state index in [1.807, 2.05) is 0 Å². The van der Waals surface area contributed by atoms with Gasteiger partial charge in [0.15, 0.2) is 0 Å². The number of alkyl halides is 2. The van der Waals surface area contributed by atoms with Gasteiger partial charge in [-0.15, -0.1) is 5.12 Å². The van der Waals surface area contributed by atoms with Gasteiger partial charge in [-0.1, -0.05) is 12.7 Å². The molecule has 7 heteroatoms. The maximum absolute atomic E-state index is 14.3. The number of anilines is 2. The predicted octanol–water partition coefficient (Wildman–Crippen LogP) is 3.32. The van der Waals surface area contributed by atoms with Gasteiger partial charge < -0.3 is 5.11 Å². The van der Waals surface area contributed by atoms with Crippen molar-refractivity contribution in [1.29, 1.82) is 0 Å². The van der Waals surface area contributed by atoms with Crippen LogP contribution in [0.4, 0.5) is 24.5 Å². The molecule has 0 saturated heterocycles. The summed E-state index contributed by atoms with van der Waals surface area (Å²) in [6.07, 6.45) is 0.388. The Bertz CT molecular complexity index is 617. The molecule has 1 saturated carbocycles. The van der Waals surface area contributed by atoms with E-state index in [2.05, 4.69) is 12.0 Å². The Morgan fingerprint density at radius 2 is 2.18 bits per heavy atom. The van der Waals surface area contributed by atoms with Gasteiger partial charge in [-0.25, -0.2) is 13.2 Å². The SMILES string of the molecule is C=Cc1cc2c(c(C(F)F)c1F)N(CC1(O)CCC1)N(C)N2. The molecule has 0 spiro atoms. The van der Waals surface area contributed by atoms with Crippen molar-refractivity contribution in [3.8, 4) is 0 Å². The first kappa shape index (κ1) is 15.2. The van der Waals surface area contributed by atoms with Gasteiger partial charge in [0.1, 0.15) is 5.82 Å². The van der Waals surface area contributed by atoms with Crippen LogP contribution in [0.25, 0.3) is 6.08 Å². The van der Waals surface area contributed by atoms with Crippen molar-refractivity contribution < 1.29 is 18.3 Å². The van der Waals surface area contributed by atoms with Crippen molar-refractivity contribution in [3.63, 3.8) is 0 Å². The number of hydrogen-bond acceptors (Lipinski definition) is 4. The van der Waals surface area contributed by atoms with Gasteiger partial charge in [0, 0.05) is 12.6 Å². The first-order valence-electron chi connectivity index (χ1n) is 7.13. The summed E-state index contributed by atoms with van der Waals surface area (Å²) in [6, 6.07) is 1.45. The standard InChI is InChI=1S/C15H18F3N3O/c1-3-9-7-10-13(11(12(9)16)14(17)18)21(20(2)19-10)8-15(22)5-4-6-15/h3,7,14,19,22H,1,4-6,8H2,2H3. The molecule has 1 heterocycles. The minimum absolute atomic E-state index is 0.0270. The van der Waals surface area contributed by atoms with Crippen molar-refractivity contribution in [2.75, 3.05) is 24.0 Å². The molecule has 1 aliphatic heterocycles. The summed E-state index contributed by atoms with van der Waals surface area (Å²) in [6.45, 7) is 3.61. The molecule has 0 bridgehead atoms.